The minimum absolute atomic E-state index is 0.0367. The van der Waals surface area contributed by atoms with Gasteiger partial charge in [-0.15, -0.1) is 0 Å². The van der Waals surface area contributed by atoms with E-state index in [0.29, 0.717) is 5.02 Å². The molecule has 0 aliphatic heterocycles. The van der Waals surface area contributed by atoms with Crippen molar-refractivity contribution < 1.29 is 4.21 Å². The second-order valence-electron chi connectivity index (χ2n) is 4.57. The molecule has 0 radical (unpaired) electrons. The second-order valence-corrected chi connectivity index (χ2v) is 6.62. The van der Waals surface area contributed by atoms with Gasteiger partial charge in [0.05, 0.1) is 26.0 Å². The van der Waals surface area contributed by atoms with E-state index in [2.05, 4.69) is 0 Å². The van der Waals surface area contributed by atoms with Gasteiger partial charge in [-0.2, -0.15) is 0 Å². The lowest BCUT2D eigenvalue weighted by atomic mass is 10.1. The summed E-state index contributed by atoms with van der Waals surface area (Å²) >= 11 is 6.09. The van der Waals surface area contributed by atoms with Gasteiger partial charge in [0.25, 0.3) is 0 Å². The van der Waals surface area contributed by atoms with Gasteiger partial charge in [-0.1, -0.05) is 43.0 Å². The highest BCUT2D eigenvalue weighted by Gasteiger charge is 2.27. The molecule has 1 aromatic rings. The minimum atomic E-state index is -1.08. The summed E-state index contributed by atoms with van der Waals surface area (Å²) in [5.41, 5.74) is 6.13. The zero-order valence-corrected chi connectivity index (χ0v) is 11.3. The fourth-order valence-electron chi connectivity index (χ4n) is 2.34. The molecule has 3 atom stereocenters. The number of rotatable bonds is 2. The van der Waals surface area contributed by atoms with Crippen molar-refractivity contribution in [2.75, 3.05) is 0 Å². The molecule has 2 N–H and O–H groups in total. The van der Waals surface area contributed by atoms with E-state index in [1.54, 1.807) is 6.07 Å². The number of benzene rings is 1. The van der Waals surface area contributed by atoms with E-state index in [1.165, 1.54) is 6.42 Å². The molecule has 2 rings (SSSR count). The largest absolute Gasteiger partial charge is 0.327 e. The third-order valence-electron chi connectivity index (χ3n) is 3.33. The molecular weight excluding hydrogens is 254 g/mol. The highest BCUT2D eigenvalue weighted by molar-refractivity contribution is 7.85. The molecule has 1 saturated carbocycles. The summed E-state index contributed by atoms with van der Waals surface area (Å²) in [6.45, 7) is 0. The number of halogens is 1. The maximum Gasteiger partial charge on any atom is 0.0591 e. The summed E-state index contributed by atoms with van der Waals surface area (Å²) in [7, 11) is -1.08. The predicted octanol–water partition coefficient (Wildman–Crippen LogP) is 3.11. The van der Waals surface area contributed by atoms with E-state index in [4.69, 9.17) is 17.3 Å². The van der Waals surface area contributed by atoms with Crippen LogP contribution >= 0.6 is 11.6 Å². The van der Waals surface area contributed by atoms with Crippen LogP contribution in [0.4, 0.5) is 0 Å². The number of hydrogen-bond donors (Lipinski definition) is 1. The molecular formula is C13H18ClNOS. The SMILES string of the molecule is NC1CCCCCC1S(=O)c1ccccc1Cl. The van der Waals surface area contributed by atoms with Crippen molar-refractivity contribution in [2.24, 2.45) is 5.73 Å². The first kappa shape index (κ1) is 13.1. The van der Waals surface area contributed by atoms with Crippen molar-refractivity contribution in [3.63, 3.8) is 0 Å². The van der Waals surface area contributed by atoms with Crippen molar-refractivity contribution in [1.29, 1.82) is 0 Å². The van der Waals surface area contributed by atoms with Crippen molar-refractivity contribution in [3.05, 3.63) is 29.3 Å². The van der Waals surface area contributed by atoms with Gasteiger partial charge in [0.2, 0.25) is 0 Å². The Balaban J connectivity index is 2.21. The highest BCUT2D eigenvalue weighted by Crippen LogP contribution is 2.28. The quantitative estimate of drug-likeness (QED) is 0.840. The molecule has 2 nitrogen and oxygen atoms in total. The van der Waals surface area contributed by atoms with Crippen LogP contribution in [0.2, 0.25) is 5.02 Å². The Hall–Kier alpha value is -0.380. The van der Waals surface area contributed by atoms with Crippen LogP contribution in [0.25, 0.3) is 0 Å². The zero-order chi connectivity index (χ0) is 12.3. The minimum Gasteiger partial charge on any atom is -0.327 e. The summed E-state index contributed by atoms with van der Waals surface area (Å²) in [6, 6.07) is 7.40. The van der Waals surface area contributed by atoms with Gasteiger partial charge in [-0.05, 0) is 25.0 Å². The molecule has 94 valence electrons. The monoisotopic (exact) mass is 271 g/mol. The highest BCUT2D eigenvalue weighted by atomic mass is 35.5. The summed E-state index contributed by atoms with van der Waals surface area (Å²) in [6.07, 6.45) is 5.38. The fraction of sp³-hybridized carbons (Fsp3) is 0.538. The van der Waals surface area contributed by atoms with Crippen LogP contribution in [-0.2, 0) is 10.8 Å². The maximum absolute atomic E-state index is 12.5. The van der Waals surface area contributed by atoms with Gasteiger partial charge in [0, 0.05) is 6.04 Å². The summed E-state index contributed by atoms with van der Waals surface area (Å²) in [4.78, 5) is 0.733. The molecule has 0 heterocycles. The molecule has 1 fully saturated rings. The molecule has 1 aliphatic carbocycles. The Morgan fingerprint density at radius 1 is 1.18 bits per heavy atom. The van der Waals surface area contributed by atoms with E-state index < -0.39 is 10.8 Å². The topological polar surface area (TPSA) is 43.1 Å². The van der Waals surface area contributed by atoms with Gasteiger partial charge in [-0.25, -0.2) is 0 Å². The normalized spacial score (nSPS) is 27.4. The molecule has 0 bridgehead atoms. The smallest absolute Gasteiger partial charge is 0.0591 e. The van der Waals surface area contributed by atoms with E-state index in [-0.39, 0.29) is 11.3 Å². The van der Waals surface area contributed by atoms with Crippen molar-refractivity contribution >= 4 is 22.4 Å². The lowest BCUT2D eigenvalue weighted by Crippen LogP contribution is -2.36. The Morgan fingerprint density at radius 3 is 2.65 bits per heavy atom. The van der Waals surface area contributed by atoms with Gasteiger partial charge in [-0.3, -0.25) is 4.21 Å². The van der Waals surface area contributed by atoms with Crippen LogP contribution in [0.1, 0.15) is 32.1 Å². The predicted molar refractivity (Wildman–Crippen MR) is 72.7 cm³/mol. The number of hydrogen-bond acceptors (Lipinski definition) is 2. The Morgan fingerprint density at radius 2 is 1.88 bits per heavy atom. The van der Waals surface area contributed by atoms with Crippen LogP contribution < -0.4 is 5.73 Å². The van der Waals surface area contributed by atoms with Gasteiger partial charge in [0.15, 0.2) is 0 Å². The first-order valence-electron chi connectivity index (χ1n) is 6.11. The third kappa shape index (κ3) is 3.09. The average molecular weight is 272 g/mol. The molecule has 4 heteroatoms. The molecule has 0 saturated heterocycles. The molecule has 0 amide bonds. The van der Waals surface area contributed by atoms with Crippen LogP contribution in [0.15, 0.2) is 29.2 Å². The third-order valence-corrected chi connectivity index (χ3v) is 5.70. The van der Waals surface area contributed by atoms with Crippen LogP contribution in [-0.4, -0.2) is 15.5 Å². The molecule has 0 spiro atoms. The lowest BCUT2D eigenvalue weighted by molar-refractivity contribution is 0.575. The standard InChI is InChI=1S/C13H18ClNOS/c14-10-6-4-5-8-12(10)17(16)13-9-3-1-2-7-11(13)15/h4-6,8,11,13H,1-3,7,9,15H2. The van der Waals surface area contributed by atoms with Crippen molar-refractivity contribution in [3.8, 4) is 0 Å². The Bertz CT molecular complexity index is 410. The van der Waals surface area contributed by atoms with Gasteiger partial charge in [0.1, 0.15) is 0 Å². The van der Waals surface area contributed by atoms with E-state index in [9.17, 15) is 4.21 Å². The average Bonchev–Trinajstić information content (AvgIpc) is 2.54. The van der Waals surface area contributed by atoms with Gasteiger partial charge >= 0.3 is 0 Å². The van der Waals surface area contributed by atoms with E-state index in [0.717, 1.165) is 30.6 Å². The van der Waals surface area contributed by atoms with Crippen molar-refractivity contribution in [2.45, 2.75) is 48.3 Å². The second kappa shape index (κ2) is 5.98. The van der Waals surface area contributed by atoms with Crippen LogP contribution in [0, 0.1) is 0 Å². The van der Waals surface area contributed by atoms with Crippen LogP contribution in [0.5, 0.6) is 0 Å². The Labute approximate surface area is 110 Å². The maximum atomic E-state index is 12.5. The molecule has 1 aromatic carbocycles. The number of nitrogens with two attached hydrogens (primary N) is 1. The molecule has 3 unspecified atom stereocenters. The summed E-state index contributed by atoms with van der Waals surface area (Å²) < 4.78 is 12.5. The van der Waals surface area contributed by atoms with Crippen LogP contribution in [0.3, 0.4) is 0 Å². The summed E-state index contributed by atoms with van der Waals surface area (Å²) in [5.74, 6) is 0. The zero-order valence-electron chi connectivity index (χ0n) is 9.77. The molecule has 1 aliphatic rings. The van der Waals surface area contributed by atoms with Crippen molar-refractivity contribution in [1.82, 2.24) is 0 Å². The fourth-order valence-corrected chi connectivity index (χ4v) is 4.34. The Kier molecular flexibility index (Phi) is 4.60. The first-order chi connectivity index (χ1) is 8.20. The van der Waals surface area contributed by atoms with Gasteiger partial charge < -0.3 is 5.73 Å². The molecule has 0 aromatic heterocycles. The lowest BCUT2D eigenvalue weighted by Gasteiger charge is -2.21. The summed E-state index contributed by atoms with van der Waals surface area (Å²) in [5, 5.41) is 0.639. The van der Waals surface area contributed by atoms with E-state index >= 15 is 0 Å². The van der Waals surface area contributed by atoms with E-state index in [1.807, 2.05) is 18.2 Å². The first-order valence-corrected chi connectivity index (χ1v) is 7.70. The molecule has 17 heavy (non-hydrogen) atoms.